The summed E-state index contributed by atoms with van der Waals surface area (Å²) in [6, 6.07) is 0. The molecule has 8 heterocycles. The Bertz CT molecular complexity index is 1940. The van der Waals surface area contributed by atoms with Crippen molar-refractivity contribution in [1.82, 2.24) is 0 Å². The van der Waals surface area contributed by atoms with Gasteiger partial charge >= 0.3 is 0 Å². The molecule has 0 aliphatic carbocycles. The maximum atomic E-state index is 14.8. The second kappa shape index (κ2) is 23.7. The average Bonchev–Trinajstić information content (AvgIpc) is 3.77. The maximum Gasteiger partial charge on any atom is 0.193 e. The second-order valence-corrected chi connectivity index (χ2v) is 42.9. The van der Waals surface area contributed by atoms with Gasteiger partial charge in [-0.3, -0.25) is 9.59 Å². The molecule has 0 N–H and O–H groups in total. The standard InChI is InChI=1S/C60H106O10Si3/c1-22-37(2)31-51-41(6)47-35-43(62)34-46-27-30-49-54(65-46)56(69-72(18,19)59(10,11)12)57(70-73(20,21)60(13,14)15)55(67-49)50(68-71(16,17)58(7,8)9)28-24-42(61)23-25-44-33-39(4)48(63-44)29-26-45-32-38(3)40(5)52(64-45)36-53(47)66-51/h24,28,37-38,41,44-57H,4-5,22-23,25-27,29-36H2,1-3,6-21H3/b28-24+/t37-,38-,41-,44?,45?,46?,47-,48+,49+,50+,51-,52-,53?,54+,55+,56+,57-/m1/s1. The van der Waals surface area contributed by atoms with Gasteiger partial charge in [0.05, 0.1) is 54.9 Å². The predicted octanol–water partition coefficient (Wildman–Crippen LogP) is 14.4. The highest BCUT2D eigenvalue weighted by Crippen LogP contribution is 2.49. The lowest BCUT2D eigenvalue weighted by Crippen LogP contribution is -2.69. The third-order valence-electron chi connectivity index (χ3n) is 19.9. The third-order valence-corrected chi connectivity index (χ3v) is 33.3. The minimum Gasteiger partial charge on any atom is -0.408 e. The van der Waals surface area contributed by atoms with Crippen molar-refractivity contribution in [3.8, 4) is 0 Å². The lowest BCUT2D eigenvalue weighted by molar-refractivity contribution is -0.266. The van der Waals surface area contributed by atoms with Gasteiger partial charge in [0.1, 0.15) is 30.2 Å². The number of hydrogen-bond acceptors (Lipinski definition) is 10. The number of carbonyl (C=O) groups is 2. The molecule has 5 saturated heterocycles. The van der Waals surface area contributed by atoms with E-state index in [1.165, 1.54) is 0 Å². The van der Waals surface area contributed by atoms with Gasteiger partial charge in [-0.25, -0.2) is 0 Å². The molecule has 0 amide bonds. The molecule has 10 nitrogen and oxygen atoms in total. The highest BCUT2D eigenvalue weighted by Gasteiger charge is 2.58. The topological polar surface area (TPSA) is 108 Å². The van der Waals surface area contributed by atoms with Gasteiger partial charge in [0.2, 0.25) is 0 Å². The van der Waals surface area contributed by atoms with E-state index < -0.39 is 55.5 Å². The number of rotatable bonds is 9. The molecular formula is C60H106O10Si3. The largest absolute Gasteiger partial charge is 0.408 e. The van der Waals surface area contributed by atoms with E-state index in [9.17, 15) is 9.59 Å². The Balaban J connectivity index is 1.42. The van der Waals surface area contributed by atoms with Gasteiger partial charge in [0, 0.05) is 25.7 Å². The first-order chi connectivity index (χ1) is 33.6. The van der Waals surface area contributed by atoms with E-state index in [4.69, 9.17) is 37.0 Å². The lowest BCUT2D eigenvalue weighted by Gasteiger charge is -2.56. The summed E-state index contributed by atoms with van der Waals surface area (Å²) in [5, 5.41) is -0.363. The molecular weight excluding hydrogens is 965 g/mol. The zero-order chi connectivity index (χ0) is 54.4. The van der Waals surface area contributed by atoms with E-state index in [0.717, 1.165) is 49.7 Å². The Labute approximate surface area is 448 Å². The summed E-state index contributed by atoms with van der Waals surface area (Å²) in [7, 11) is -7.52. The van der Waals surface area contributed by atoms with Gasteiger partial charge in [0.15, 0.2) is 30.7 Å². The molecule has 17 atom stereocenters. The van der Waals surface area contributed by atoms with Crippen molar-refractivity contribution in [2.75, 3.05) is 0 Å². The highest BCUT2D eigenvalue weighted by atomic mass is 28.4. The molecule has 418 valence electrons. The molecule has 8 bridgehead atoms. The first-order valence-corrected chi connectivity index (χ1v) is 37.7. The minimum atomic E-state index is -2.54. The lowest BCUT2D eigenvalue weighted by atomic mass is 9.78. The number of carbonyl (C=O) groups excluding carboxylic acids is 2. The van der Waals surface area contributed by atoms with Crippen LogP contribution >= 0.6 is 0 Å². The zero-order valence-corrected chi connectivity index (χ0v) is 52.7. The van der Waals surface area contributed by atoms with Crippen LogP contribution in [-0.2, 0) is 46.6 Å². The normalized spacial score (nSPS) is 38.2. The van der Waals surface area contributed by atoms with Crippen molar-refractivity contribution in [3.05, 3.63) is 36.5 Å². The Hall–Kier alpha value is -1.11. The van der Waals surface area contributed by atoms with E-state index in [1.54, 1.807) is 6.08 Å². The van der Waals surface area contributed by atoms with Crippen LogP contribution in [0.2, 0.25) is 54.4 Å². The fraction of sp³-hybridized carbons (Fsp3) is 0.867. The van der Waals surface area contributed by atoms with Gasteiger partial charge < -0.3 is 37.0 Å². The van der Waals surface area contributed by atoms with Crippen LogP contribution < -0.4 is 0 Å². The van der Waals surface area contributed by atoms with E-state index >= 15 is 0 Å². The highest BCUT2D eigenvalue weighted by molar-refractivity contribution is 6.75. The molecule has 8 rings (SSSR count). The molecule has 0 radical (unpaired) electrons. The Morgan fingerprint density at radius 3 is 1.81 bits per heavy atom. The molecule has 5 fully saturated rings. The quantitative estimate of drug-likeness (QED) is 0.164. The first kappa shape index (κ1) is 61.1. The molecule has 0 spiro atoms. The maximum absolute atomic E-state index is 14.8. The second-order valence-electron chi connectivity index (χ2n) is 28.6. The van der Waals surface area contributed by atoms with Gasteiger partial charge in [-0.2, -0.15) is 0 Å². The molecule has 73 heavy (non-hydrogen) atoms. The SMILES string of the molecule is C=C1CC2CCC(=O)/C=C/[C@H](O[Si](C)(C)C(C)(C)C)[C@@H]3O[C@H]4CCC(CC(=O)C[C@H]5C(C[C@H]6OC(CC[C@@H]1O2)C[C@@H](C)C6=C)O[C@H](C[C@H](C)CC)[C@@H]5C)O[C@@H]4[C@H](O[Si](C)(C)C(C)(C)C)[C@@H]3O[Si](C)(C)C(C)(C)C. The van der Waals surface area contributed by atoms with Crippen molar-refractivity contribution in [1.29, 1.82) is 0 Å². The van der Waals surface area contributed by atoms with Gasteiger partial charge in [-0.05, 0) is 147 Å². The number of Topliss-reactive ketones (excluding diaryl/α,β-unsaturated/α-hetero) is 1. The Kier molecular flexibility index (Phi) is 19.8. The Morgan fingerprint density at radius 2 is 1.21 bits per heavy atom. The summed E-state index contributed by atoms with van der Waals surface area (Å²) in [4.78, 5) is 28.9. The zero-order valence-electron chi connectivity index (χ0n) is 49.7. The summed E-state index contributed by atoms with van der Waals surface area (Å²) < 4.78 is 58.3. The van der Waals surface area contributed by atoms with Crippen LogP contribution in [0.1, 0.15) is 173 Å². The van der Waals surface area contributed by atoms with Crippen LogP contribution in [-0.4, -0.2) is 116 Å². The average molecular weight is 1070 g/mol. The summed E-state index contributed by atoms with van der Waals surface area (Å²) >= 11 is 0. The van der Waals surface area contributed by atoms with Crippen LogP contribution in [0.15, 0.2) is 36.5 Å². The number of ketones is 2. The fourth-order valence-electron chi connectivity index (χ4n) is 11.5. The van der Waals surface area contributed by atoms with Crippen LogP contribution in [0, 0.1) is 23.7 Å². The molecule has 0 aromatic heterocycles. The fourth-order valence-corrected chi connectivity index (χ4v) is 15.3. The number of ether oxygens (including phenoxy) is 5. The number of fused-ring (bicyclic) bond motifs is 2. The first-order valence-electron chi connectivity index (χ1n) is 29.0. The molecule has 0 saturated carbocycles. The molecule has 8 aliphatic rings. The van der Waals surface area contributed by atoms with Gasteiger partial charge in [-0.1, -0.05) is 116 Å². The van der Waals surface area contributed by atoms with E-state index in [0.29, 0.717) is 56.8 Å². The van der Waals surface area contributed by atoms with E-state index in [2.05, 4.69) is 142 Å². The van der Waals surface area contributed by atoms with Crippen LogP contribution in [0.5, 0.6) is 0 Å². The summed E-state index contributed by atoms with van der Waals surface area (Å²) in [6.45, 7) is 52.4. The number of hydrogen-bond donors (Lipinski definition) is 0. The molecule has 8 aliphatic heterocycles. The molecule has 13 heteroatoms. The van der Waals surface area contributed by atoms with Crippen LogP contribution in [0.25, 0.3) is 0 Å². The number of allylic oxidation sites excluding steroid dienone is 1. The molecule has 4 unspecified atom stereocenters. The Morgan fingerprint density at radius 1 is 0.644 bits per heavy atom. The summed E-state index contributed by atoms with van der Waals surface area (Å²) in [6.07, 6.45) is 9.33. The van der Waals surface area contributed by atoms with E-state index in [1.807, 2.05) is 6.08 Å². The van der Waals surface area contributed by atoms with Crippen molar-refractivity contribution in [2.24, 2.45) is 23.7 Å². The molecule has 0 aromatic rings. The molecule has 0 aromatic carbocycles. The van der Waals surface area contributed by atoms with Crippen molar-refractivity contribution < 1.29 is 46.6 Å². The predicted molar refractivity (Wildman–Crippen MR) is 304 cm³/mol. The van der Waals surface area contributed by atoms with Crippen molar-refractivity contribution in [3.63, 3.8) is 0 Å². The van der Waals surface area contributed by atoms with E-state index in [-0.39, 0.29) is 87.3 Å². The summed E-state index contributed by atoms with van der Waals surface area (Å²) in [5.74, 6) is 1.36. The summed E-state index contributed by atoms with van der Waals surface area (Å²) in [5.41, 5.74) is 2.22. The minimum absolute atomic E-state index is 0.0333. The van der Waals surface area contributed by atoms with Crippen LogP contribution in [0.3, 0.4) is 0 Å². The van der Waals surface area contributed by atoms with Crippen LogP contribution in [0.4, 0.5) is 0 Å². The van der Waals surface area contributed by atoms with Gasteiger partial charge in [0.25, 0.3) is 0 Å². The van der Waals surface area contributed by atoms with Crippen molar-refractivity contribution >= 4 is 36.5 Å². The third kappa shape index (κ3) is 14.8. The van der Waals surface area contributed by atoms with Gasteiger partial charge in [-0.15, -0.1) is 0 Å². The monoisotopic (exact) mass is 1070 g/mol. The smallest absolute Gasteiger partial charge is 0.193 e. The van der Waals surface area contributed by atoms with Crippen molar-refractivity contribution in [2.45, 2.75) is 307 Å².